The van der Waals surface area contributed by atoms with E-state index in [0.29, 0.717) is 17.8 Å². The molecule has 1 saturated heterocycles. The fraction of sp³-hybridized carbons (Fsp3) is 0.353. The molecule has 3 aromatic rings. The number of hydrogen-bond acceptors (Lipinski definition) is 6. The molecule has 3 N–H and O–H groups in total. The SMILES string of the molecule is Cn1cc(N2CCC[C@@H](Nc3nc(N)c4ccccc4n3)C2)cn1. The Kier molecular flexibility index (Phi) is 3.68. The Bertz CT molecular complexity index is 857. The van der Waals surface area contributed by atoms with Crippen molar-refractivity contribution in [2.75, 3.05) is 29.0 Å². The lowest BCUT2D eigenvalue weighted by Crippen LogP contribution is -2.42. The number of nitrogens with two attached hydrogens (primary N) is 1. The Morgan fingerprint density at radius 3 is 2.96 bits per heavy atom. The zero-order chi connectivity index (χ0) is 16.5. The molecule has 0 spiro atoms. The second-order valence-electron chi connectivity index (χ2n) is 6.25. The molecule has 0 bridgehead atoms. The maximum Gasteiger partial charge on any atom is 0.225 e. The summed E-state index contributed by atoms with van der Waals surface area (Å²) < 4.78 is 1.83. The lowest BCUT2D eigenvalue weighted by atomic mass is 10.1. The van der Waals surface area contributed by atoms with E-state index in [2.05, 4.69) is 25.3 Å². The highest BCUT2D eigenvalue weighted by Crippen LogP contribution is 2.23. The van der Waals surface area contributed by atoms with Crippen molar-refractivity contribution >= 4 is 28.4 Å². The molecular formula is C17H21N7. The monoisotopic (exact) mass is 323 g/mol. The number of benzene rings is 1. The molecule has 0 amide bonds. The molecule has 3 heterocycles. The van der Waals surface area contributed by atoms with Crippen LogP contribution in [0.2, 0.25) is 0 Å². The van der Waals surface area contributed by atoms with E-state index >= 15 is 0 Å². The number of anilines is 3. The van der Waals surface area contributed by atoms with Gasteiger partial charge in [-0.2, -0.15) is 10.1 Å². The molecule has 124 valence electrons. The molecular weight excluding hydrogens is 302 g/mol. The predicted molar refractivity (Wildman–Crippen MR) is 96.0 cm³/mol. The largest absolute Gasteiger partial charge is 0.383 e. The molecule has 0 aliphatic carbocycles. The topological polar surface area (TPSA) is 84.9 Å². The summed E-state index contributed by atoms with van der Waals surface area (Å²) in [5, 5.41) is 8.60. The number of piperidine rings is 1. The third kappa shape index (κ3) is 2.84. The van der Waals surface area contributed by atoms with E-state index in [4.69, 9.17) is 5.73 Å². The lowest BCUT2D eigenvalue weighted by Gasteiger charge is -2.33. The summed E-state index contributed by atoms with van der Waals surface area (Å²) in [5.41, 5.74) is 8.09. The second kappa shape index (κ2) is 5.99. The molecule has 1 atom stereocenters. The van der Waals surface area contributed by atoms with Gasteiger partial charge in [0, 0.05) is 37.8 Å². The quantitative estimate of drug-likeness (QED) is 0.767. The van der Waals surface area contributed by atoms with Gasteiger partial charge in [0.2, 0.25) is 5.95 Å². The lowest BCUT2D eigenvalue weighted by molar-refractivity contribution is 0.527. The standard InChI is InChI=1S/C17H21N7/c1-23-11-13(9-19-23)24-8-4-5-12(10-24)20-17-21-15-7-3-2-6-14(15)16(18)22-17/h2-3,6-7,9,11-12H,4-5,8,10H2,1H3,(H3,18,20,21,22)/t12-/m1/s1. The highest BCUT2D eigenvalue weighted by molar-refractivity contribution is 5.88. The van der Waals surface area contributed by atoms with E-state index in [1.807, 2.05) is 48.4 Å². The van der Waals surface area contributed by atoms with Crippen LogP contribution in [0.5, 0.6) is 0 Å². The fourth-order valence-corrected chi connectivity index (χ4v) is 3.25. The van der Waals surface area contributed by atoms with Crippen molar-refractivity contribution in [1.82, 2.24) is 19.7 Å². The Morgan fingerprint density at radius 1 is 1.25 bits per heavy atom. The zero-order valence-electron chi connectivity index (χ0n) is 13.7. The minimum atomic E-state index is 0.291. The van der Waals surface area contributed by atoms with E-state index in [1.54, 1.807) is 0 Å². The predicted octanol–water partition coefficient (Wildman–Crippen LogP) is 2.03. The van der Waals surface area contributed by atoms with Crippen LogP contribution in [0.25, 0.3) is 10.9 Å². The first-order valence-electron chi connectivity index (χ1n) is 8.21. The molecule has 7 nitrogen and oxygen atoms in total. The molecule has 7 heteroatoms. The average Bonchev–Trinajstić information content (AvgIpc) is 3.02. The van der Waals surface area contributed by atoms with Gasteiger partial charge in [-0.3, -0.25) is 4.68 Å². The Morgan fingerprint density at radius 2 is 2.12 bits per heavy atom. The first-order valence-corrected chi connectivity index (χ1v) is 8.21. The molecule has 2 aromatic heterocycles. The van der Waals surface area contributed by atoms with Crippen LogP contribution in [0.4, 0.5) is 17.5 Å². The van der Waals surface area contributed by atoms with Gasteiger partial charge in [-0.1, -0.05) is 12.1 Å². The van der Waals surface area contributed by atoms with Crippen molar-refractivity contribution in [3.63, 3.8) is 0 Å². The van der Waals surface area contributed by atoms with Gasteiger partial charge in [-0.25, -0.2) is 4.98 Å². The summed E-state index contributed by atoms with van der Waals surface area (Å²) in [5.74, 6) is 1.12. The van der Waals surface area contributed by atoms with E-state index in [9.17, 15) is 0 Å². The van der Waals surface area contributed by atoms with Gasteiger partial charge in [0.25, 0.3) is 0 Å². The number of rotatable bonds is 3. The van der Waals surface area contributed by atoms with Crippen LogP contribution >= 0.6 is 0 Å². The van der Waals surface area contributed by atoms with Crippen molar-refractivity contribution in [2.45, 2.75) is 18.9 Å². The molecule has 0 unspecified atom stereocenters. The minimum Gasteiger partial charge on any atom is -0.383 e. The van der Waals surface area contributed by atoms with Crippen LogP contribution in [-0.4, -0.2) is 38.9 Å². The summed E-state index contributed by atoms with van der Waals surface area (Å²) >= 11 is 0. The van der Waals surface area contributed by atoms with Crippen LogP contribution in [0, 0.1) is 0 Å². The van der Waals surface area contributed by atoms with E-state index in [0.717, 1.165) is 42.5 Å². The molecule has 1 aliphatic rings. The summed E-state index contributed by atoms with van der Waals surface area (Å²) in [6, 6.07) is 8.10. The van der Waals surface area contributed by atoms with Crippen LogP contribution in [0.1, 0.15) is 12.8 Å². The van der Waals surface area contributed by atoms with Gasteiger partial charge < -0.3 is 16.0 Å². The number of aromatic nitrogens is 4. The number of aryl methyl sites for hydroxylation is 1. The summed E-state index contributed by atoms with van der Waals surface area (Å²) in [7, 11) is 1.94. The number of nitrogens with one attached hydrogen (secondary N) is 1. The summed E-state index contributed by atoms with van der Waals surface area (Å²) in [6.45, 7) is 1.95. The van der Waals surface area contributed by atoms with Crippen molar-refractivity contribution in [3.8, 4) is 0 Å². The van der Waals surface area contributed by atoms with Crippen LogP contribution in [0.3, 0.4) is 0 Å². The first kappa shape index (κ1) is 14.7. The molecule has 4 rings (SSSR count). The van der Waals surface area contributed by atoms with Crippen LogP contribution in [-0.2, 0) is 7.05 Å². The van der Waals surface area contributed by atoms with E-state index in [-0.39, 0.29) is 0 Å². The van der Waals surface area contributed by atoms with Gasteiger partial charge in [0.15, 0.2) is 0 Å². The average molecular weight is 323 g/mol. The molecule has 1 fully saturated rings. The first-order chi connectivity index (χ1) is 11.7. The number of nitrogen functional groups attached to an aromatic ring is 1. The minimum absolute atomic E-state index is 0.291. The fourth-order valence-electron chi connectivity index (χ4n) is 3.25. The van der Waals surface area contributed by atoms with Crippen molar-refractivity contribution in [2.24, 2.45) is 7.05 Å². The van der Waals surface area contributed by atoms with Crippen molar-refractivity contribution in [1.29, 1.82) is 0 Å². The van der Waals surface area contributed by atoms with Crippen molar-refractivity contribution in [3.05, 3.63) is 36.7 Å². The Balaban J connectivity index is 1.52. The van der Waals surface area contributed by atoms with Gasteiger partial charge >= 0.3 is 0 Å². The van der Waals surface area contributed by atoms with E-state index in [1.165, 1.54) is 0 Å². The molecule has 0 radical (unpaired) electrons. The number of nitrogens with zero attached hydrogens (tertiary/aromatic N) is 5. The van der Waals surface area contributed by atoms with E-state index < -0.39 is 0 Å². The Labute approximate surface area is 140 Å². The van der Waals surface area contributed by atoms with Crippen molar-refractivity contribution < 1.29 is 0 Å². The Hall–Kier alpha value is -2.83. The maximum absolute atomic E-state index is 6.07. The number of fused-ring (bicyclic) bond motifs is 1. The van der Waals surface area contributed by atoms with Gasteiger partial charge in [-0.05, 0) is 25.0 Å². The van der Waals surface area contributed by atoms with Gasteiger partial charge in [0.1, 0.15) is 5.82 Å². The highest BCUT2D eigenvalue weighted by atomic mass is 15.3. The van der Waals surface area contributed by atoms with Crippen LogP contribution < -0.4 is 16.0 Å². The van der Waals surface area contributed by atoms with Gasteiger partial charge in [0.05, 0.1) is 17.4 Å². The number of para-hydroxylation sites is 1. The summed E-state index contributed by atoms with van der Waals surface area (Å²) in [4.78, 5) is 11.4. The second-order valence-corrected chi connectivity index (χ2v) is 6.25. The number of hydrogen-bond donors (Lipinski definition) is 2. The maximum atomic E-state index is 6.07. The summed E-state index contributed by atoms with van der Waals surface area (Å²) in [6.07, 6.45) is 6.17. The third-order valence-electron chi connectivity index (χ3n) is 4.44. The smallest absolute Gasteiger partial charge is 0.225 e. The third-order valence-corrected chi connectivity index (χ3v) is 4.44. The normalized spacial score (nSPS) is 18.0. The zero-order valence-corrected chi connectivity index (χ0v) is 13.7. The molecule has 24 heavy (non-hydrogen) atoms. The molecule has 1 aromatic carbocycles. The molecule has 0 saturated carbocycles. The molecule has 1 aliphatic heterocycles. The van der Waals surface area contributed by atoms with Crippen LogP contribution in [0.15, 0.2) is 36.7 Å². The van der Waals surface area contributed by atoms with Gasteiger partial charge in [-0.15, -0.1) is 0 Å². The highest BCUT2D eigenvalue weighted by Gasteiger charge is 2.21.